The molecule has 0 bridgehead atoms. The number of aliphatic hydroxyl groups is 1. The number of ether oxygens (including phenoxy) is 1. The Balaban J connectivity index is 1.65. The molecule has 2 aromatic rings. The summed E-state index contributed by atoms with van der Waals surface area (Å²) in [5.41, 5.74) is 3.34. The van der Waals surface area contributed by atoms with E-state index in [2.05, 4.69) is 24.3 Å². The third-order valence-electron chi connectivity index (χ3n) is 4.37. The van der Waals surface area contributed by atoms with Crippen LogP contribution < -0.4 is 4.74 Å². The second kappa shape index (κ2) is 5.04. The van der Waals surface area contributed by atoms with Gasteiger partial charge in [-0.3, -0.25) is 0 Å². The molecule has 2 aliphatic rings. The van der Waals surface area contributed by atoms with E-state index in [1.807, 2.05) is 6.07 Å². The summed E-state index contributed by atoms with van der Waals surface area (Å²) in [5, 5.41) is 11.0. The molecule has 2 aromatic carbocycles. The standard InChI is InChI=1S/C18H17ClO2/c19-14-6-7-17-15(9-14)16(20)10-18(21-17)13-3-1-2-12(8-13)11-4-5-11/h1-3,6-9,11,16,18,20H,4-5,10H2/t16-,18?/m0/s1. The molecule has 1 unspecified atom stereocenters. The van der Waals surface area contributed by atoms with E-state index >= 15 is 0 Å². The molecule has 0 amide bonds. The first-order chi connectivity index (χ1) is 10.2. The summed E-state index contributed by atoms with van der Waals surface area (Å²) in [6.45, 7) is 0. The summed E-state index contributed by atoms with van der Waals surface area (Å²) >= 11 is 5.99. The fourth-order valence-corrected chi connectivity index (χ4v) is 3.23. The van der Waals surface area contributed by atoms with Crippen LogP contribution in [0.25, 0.3) is 0 Å². The molecule has 2 nitrogen and oxygen atoms in total. The Morgan fingerprint density at radius 3 is 2.67 bits per heavy atom. The molecule has 3 heteroatoms. The fourth-order valence-electron chi connectivity index (χ4n) is 3.05. The number of rotatable bonds is 2. The van der Waals surface area contributed by atoms with Crippen molar-refractivity contribution < 1.29 is 9.84 Å². The highest BCUT2D eigenvalue weighted by atomic mass is 35.5. The van der Waals surface area contributed by atoms with Gasteiger partial charge in [0.15, 0.2) is 0 Å². The molecule has 1 heterocycles. The summed E-state index contributed by atoms with van der Waals surface area (Å²) in [7, 11) is 0. The van der Waals surface area contributed by atoms with Crippen LogP contribution in [0.5, 0.6) is 5.75 Å². The third kappa shape index (κ3) is 2.54. The van der Waals surface area contributed by atoms with E-state index in [1.54, 1.807) is 12.1 Å². The zero-order valence-corrected chi connectivity index (χ0v) is 12.4. The van der Waals surface area contributed by atoms with Gasteiger partial charge in [0.2, 0.25) is 0 Å². The van der Waals surface area contributed by atoms with Crippen molar-refractivity contribution in [3.05, 3.63) is 64.2 Å². The lowest BCUT2D eigenvalue weighted by Crippen LogP contribution is -2.19. The number of hydrogen-bond donors (Lipinski definition) is 1. The topological polar surface area (TPSA) is 29.5 Å². The van der Waals surface area contributed by atoms with Crippen LogP contribution in [-0.2, 0) is 0 Å². The van der Waals surface area contributed by atoms with Crippen LogP contribution in [0.15, 0.2) is 42.5 Å². The first kappa shape index (κ1) is 13.2. The van der Waals surface area contributed by atoms with Gasteiger partial charge in [0.25, 0.3) is 0 Å². The maximum Gasteiger partial charge on any atom is 0.127 e. The molecule has 4 rings (SSSR count). The molecule has 21 heavy (non-hydrogen) atoms. The Kier molecular flexibility index (Phi) is 3.16. The SMILES string of the molecule is O[C@H]1CC(c2cccc(C3CC3)c2)Oc2ccc(Cl)cc21. The van der Waals surface area contributed by atoms with Gasteiger partial charge >= 0.3 is 0 Å². The van der Waals surface area contributed by atoms with Crippen molar-refractivity contribution in [3.63, 3.8) is 0 Å². The maximum atomic E-state index is 10.4. The van der Waals surface area contributed by atoms with Crippen LogP contribution in [0.2, 0.25) is 5.02 Å². The van der Waals surface area contributed by atoms with Gasteiger partial charge in [-0.05, 0) is 48.1 Å². The molecule has 1 saturated carbocycles. The van der Waals surface area contributed by atoms with E-state index in [0.29, 0.717) is 11.4 Å². The molecule has 0 saturated heterocycles. The average molecular weight is 301 g/mol. The Bertz CT molecular complexity index is 679. The van der Waals surface area contributed by atoms with Crippen LogP contribution in [0.4, 0.5) is 0 Å². The van der Waals surface area contributed by atoms with E-state index in [4.69, 9.17) is 16.3 Å². The minimum absolute atomic E-state index is 0.0904. The molecule has 1 fully saturated rings. The van der Waals surface area contributed by atoms with Crippen LogP contribution in [0.3, 0.4) is 0 Å². The Morgan fingerprint density at radius 2 is 1.86 bits per heavy atom. The van der Waals surface area contributed by atoms with Gasteiger partial charge in [0, 0.05) is 17.0 Å². The van der Waals surface area contributed by atoms with Crippen molar-refractivity contribution in [2.24, 2.45) is 0 Å². The van der Waals surface area contributed by atoms with Crippen LogP contribution in [0, 0.1) is 0 Å². The molecular weight excluding hydrogens is 284 g/mol. The van der Waals surface area contributed by atoms with Crippen LogP contribution in [-0.4, -0.2) is 5.11 Å². The molecular formula is C18H17ClO2. The smallest absolute Gasteiger partial charge is 0.127 e. The van der Waals surface area contributed by atoms with Gasteiger partial charge in [-0.15, -0.1) is 0 Å². The second-order valence-electron chi connectivity index (χ2n) is 5.98. The number of fused-ring (bicyclic) bond motifs is 1. The highest BCUT2D eigenvalue weighted by Gasteiger charge is 2.29. The number of halogens is 1. The predicted octanol–water partition coefficient (Wildman–Crippen LogP) is 4.77. The molecule has 0 radical (unpaired) electrons. The van der Waals surface area contributed by atoms with E-state index in [0.717, 1.165) is 22.8 Å². The Morgan fingerprint density at radius 1 is 1.05 bits per heavy atom. The third-order valence-corrected chi connectivity index (χ3v) is 4.60. The van der Waals surface area contributed by atoms with E-state index < -0.39 is 6.10 Å². The molecule has 1 aliphatic carbocycles. The summed E-state index contributed by atoms with van der Waals surface area (Å²) in [5.74, 6) is 1.46. The molecule has 0 aromatic heterocycles. The first-order valence-electron chi connectivity index (χ1n) is 7.45. The van der Waals surface area contributed by atoms with Gasteiger partial charge in [-0.1, -0.05) is 35.9 Å². The molecule has 2 atom stereocenters. The Hall–Kier alpha value is -1.51. The number of benzene rings is 2. The summed E-state index contributed by atoms with van der Waals surface area (Å²) in [6.07, 6.45) is 2.54. The average Bonchev–Trinajstić information content (AvgIpc) is 3.33. The lowest BCUT2D eigenvalue weighted by Gasteiger charge is -2.30. The quantitative estimate of drug-likeness (QED) is 0.865. The molecule has 1 N–H and O–H groups in total. The van der Waals surface area contributed by atoms with Crippen LogP contribution in [0.1, 0.15) is 54.1 Å². The number of aliphatic hydroxyl groups excluding tert-OH is 1. The normalized spacial score (nSPS) is 24.3. The van der Waals surface area contributed by atoms with E-state index in [9.17, 15) is 5.11 Å². The molecule has 1 aliphatic heterocycles. The fraction of sp³-hybridized carbons (Fsp3) is 0.333. The van der Waals surface area contributed by atoms with Gasteiger partial charge in [-0.25, -0.2) is 0 Å². The van der Waals surface area contributed by atoms with Crippen molar-refractivity contribution >= 4 is 11.6 Å². The van der Waals surface area contributed by atoms with Crippen molar-refractivity contribution in [2.75, 3.05) is 0 Å². The maximum absolute atomic E-state index is 10.4. The number of hydrogen-bond acceptors (Lipinski definition) is 2. The molecule has 0 spiro atoms. The van der Waals surface area contributed by atoms with Crippen LogP contribution >= 0.6 is 11.6 Å². The van der Waals surface area contributed by atoms with Crippen molar-refractivity contribution in [1.29, 1.82) is 0 Å². The summed E-state index contributed by atoms with van der Waals surface area (Å²) in [6, 6.07) is 14.0. The lowest BCUT2D eigenvalue weighted by molar-refractivity contribution is 0.0657. The monoisotopic (exact) mass is 300 g/mol. The first-order valence-corrected chi connectivity index (χ1v) is 7.82. The summed E-state index contributed by atoms with van der Waals surface area (Å²) < 4.78 is 6.08. The van der Waals surface area contributed by atoms with Crippen molar-refractivity contribution in [1.82, 2.24) is 0 Å². The van der Waals surface area contributed by atoms with Gasteiger partial charge in [0.1, 0.15) is 11.9 Å². The summed E-state index contributed by atoms with van der Waals surface area (Å²) in [4.78, 5) is 0. The van der Waals surface area contributed by atoms with Gasteiger partial charge in [0.05, 0.1) is 6.10 Å². The largest absolute Gasteiger partial charge is 0.485 e. The van der Waals surface area contributed by atoms with Crippen molar-refractivity contribution in [3.8, 4) is 5.75 Å². The zero-order chi connectivity index (χ0) is 14.4. The Labute approximate surface area is 129 Å². The van der Waals surface area contributed by atoms with E-state index in [-0.39, 0.29) is 6.10 Å². The predicted molar refractivity (Wildman–Crippen MR) is 82.8 cm³/mol. The zero-order valence-electron chi connectivity index (χ0n) is 11.6. The van der Waals surface area contributed by atoms with Crippen molar-refractivity contribution in [2.45, 2.75) is 37.4 Å². The van der Waals surface area contributed by atoms with Gasteiger partial charge in [-0.2, -0.15) is 0 Å². The van der Waals surface area contributed by atoms with E-state index in [1.165, 1.54) is 18.4 Å². The second-order valence-corrected chi connectivity index (χ2v) is 6.42. The minimum atomic E-state index is -0.526. The highest BCUT2D eigenvalue weighted by Crippen LogP contribution is 2.44. The highest BCUT2D eigenvalue weighted by molar-refractivity contribution is 6.30. The lowest BCUT2D eigenvalue weighted by atomic mass is 9.94. The van der Waals surface area contributed by atoms with Gasteiger partial charge < -0.3 is 9.84 Å². The molecule has 108 valence electrons. The minimum Gasteiger partial charge on any atom is -0.485 e.